The number of fused-ring (bicyclic) bond motifs is 1. The van der Waals surface area contributed by atoms with Gasteiger partial charge in [0.25, 0.3) is 5.91 Å². The van der Waals surface area contributed by atoms with E-state index in [4.69, 9.17) is 17.3 Å². The Kier molecular flexibility index (Phi) is 3.43. The van der Waals surface area contributed by atoms with Crippen LogP contribution in [-0.2, 0) is 4.79 Å². The molecular weight excluding hydrogens is 254 g/mol. The summed E-state index contributed by atoms with van der Waals surface area (Å²) in [6.45, 7) is -0.231. The van der Waals surface area contributed by atoms with Gasteiger partial charge in [0.2, 0.25) is 5.91 Å². The molecule has 0 aliphatic rings. The molecule has 2 aromatic rings. The van der Waals surface area contributed by atoms with Crippen LogP contribution < -0.4 is 11.1 Å². The predicted molar refractivity (Wildman–Crippen MR) is 68.3 cm³/mol. The number of amides is 2. The normalized spacial score (nSPS) is 10.3. The van der Waals surface area contributed by atoms with Crippen LogP contribution in [0, 0.1) is 0 Å². The molecule has 3 N–H and O–H groups in total. The van der Waals surface area contributed by atoms with Crippen molar-refractivity contribution in [3.8, 4) is 0 Å². The van der Waals surface area contributed by atoms with Gasteiger partial charge in [-0.3, -0.25) is 9.59 Å². The van der Waals surface area contributed by atoms with E-state index in [9.17, 15) is 9.59 Å². The van der Waals surface area contributed by atoms with Gasteiger partial charge < -0.3 is 11.1 Å². The summed E-state index contributed by atoms with van der Waals surface area (Å²) >= 11 is 6.06. The van der Waals surface area contributed by atoms with Gasteiger partial charge in [0.05, 0.1) is 17.1 Å². The topological polar surface area (TPSA) is 85.1 Å². The lowest BCUT2D eigenvalue weighted by atomic mass is 10.2. The maximum Gasteiger partial charge on any atom is 0.270 e. The Morgan fingerprint density at radius 1 is 1.33 bits per heavy atom. The number of nitrogens with one attached hydrogen (secondary N) is 1. The molecule has 0 bridgehead atoms. The van der Waals surface area contributed by atoms with Crippen LogP contribution in [0.3, 0.4) is 0 Å². The van der Waals surface area contributed by atoms with E-state index in [-0.39, 0.29) is 12.2 Å². The molecule has 1 heterocycles. The lowest BCUT2D eigenvalue weighted by Crippen LogP contribution is -2.33. The first-order valence-electron chi connectivity index (χ1n) is 5.19. The molecular formula is C12H10ClN3O2. The SMILES string of the molecule is NC(=O)CNC(=O)c1cc(Cl)c2ccccc2n1. The van der Waals surface area contributed by atoms with Gasteiger partial charge in [0.15, 0.2) is 0 Å². The van der Waals surface area contributed by atoms with Gasteiger partial charge in [-0.2, -0.15) is 0 Å². The number of para-hydroxylation sites is 1. The minimum absolute atomic E-state index is 0.153. The lowest BCUT2D eigenvalue weighted by Gasteiger charge is -2.05. The quantitative estimate of drug-likeness (QED) is 0.870. The summed E-state index contributed by atoms with van der Waals surface area (Å²) in [5, 5.41) is 3.56. The highest BCUT2D eigenvalue weighted by molar-refractivity contribution is 6.35. The second-order valence-corrected chi connectivity index (χ2v) is 4.06. The van der Waals surface area contributed by atoms with Gasteiger partial charge in [0, 0.05) is 5.39 Å². The average molecular weight is 264 g/mol. The Balaban J connectivity index is 2.34. The fourth-order valence-corrected chi connectivity index (χ4v) is 1.77. The molecule has 1 aromatic heterocycles. The third-order valence-corrected chi connectivity index (χ3v) is 2.63. The second-order valence-electron chi connectivity index (χ2n) is 3.66. The van der Waals surface area contributed by atoms with Crippen molar-refractivity contribution in [2.75, 3.05) is 6.54 Å². The number of nitrogens with two attached hydrogens (primary N) is 1. The molecule has 0 unspecified atom stereocenters. The molecule has 92 valence electrons. The molecule has 18 heavy (non-hydrogen) atoms. The molecule has 2 amide bonds. The number of benzene rings is 1. The van der Waals surface area contributed by atoms with E-state index in [1.165, 1.54) is 6.07 Å². The molecule has 0 radical (unpaired) electrons. The van der Waals surface area contributed by atoms with Crippen LogP contribution >= 0.6 is 11.6 Å². The van der Waals surface area contributed by atoms with Crippen LogP contribution in [0.5, 0.6) is 0 Å². The largest absolute Gasteiger partial charge is 0.368 e. The molecule has 0 saturated carbocycles. The molecule has 0 atom stereocenters. The van der Waals surface area contributed by atoms with Crippen LogP contribution in [0.25, 0.3) is 10.9 Å². The van der Waals surface area contributed by atoms with Gasteiger partial charge in [-0.25, -0.2) is 4.98 Å². The number of halogens is 1. The first kappa shape index (κ1) is 12.3. The minimum Gasteiger partial charge on any atom is -0.368 e. The summed E-state index contributed by atoms with van der Waals surface area (Å²) in [6, 6.07) is 8.67. The molecule has 0 saturated heterocycles. The molecule has 0 aliphatic heterocycles. The van der Waals surface area contributed by atoms with Crippen molar-refractivity contribution in [3.05, 3.63) is 41.0 Å². The van der Waals surface area contributed by atoms with Crippen LogP contribution in [0.1, 0.15) is 10.5 Å². The van der Waals surface area contributed by atoms with Gasteiger partial charge >= 0.3 is 0 Å². The molecule has 6 heteroatoms. The van der Waals surface area contributed by atoms with E-state index >= 15 is 0 Å². The average Bonchev–Trinajstić information content (AvgIpc) is 2.36. The van der Waals surface area contributed by atoms with Gasteiger partial charge in [-0.15, -0.1) is 0 Å². The Bertz CT molecular complexity index is 628. The van der Waals surface area contributed by atoms with Crippen LogP contribution in [0.4, 0.5) is 0 Å². The van der Waals surface area contributed by atoms with Crippen molar-refractivity contribution < 1.29 is 9.59 Å². The molecule has 5 nitrogen and oxygen atoms in total. The molecule has 2 rings (SSSR count). The summed E-state index contributed by atoms with van der Waals surface area (Å²) in [7, 11) is 0. The van der Waals surface area contributed by atoms with Gasteiger partial charge in [-0.05, 0) is 12.1 Å². The number of nitrogens with zero attached hydrogens (tertiary/aromatic N) is 1. The Morgan fingerprint density at radius 3 is 2.78 bits per heavy atom. The Hall–Kier alpha value is -2.14. The van der Waals surface area contributed by atoms with E-state index in [0.29, 0.717) is 10.5 Å². The van der Waals surface area contributed by atoms with Crippen LogP contribution in [0.2, 0.25) is 5.02 Å². The fraction of sp³-hybridized carbons (Fsp3) is 0.0833. The van der Waals surface area contributed by atoms with E-state index in [1.54, 1.807) is 12.1 Å². The number of aromatic nitrogens is 1. The highest BCUT2D eigenvalue weighted by atomic mass is 35.5. The third kappa shape index (κ3) is 2.57. The number of rotatable bonds is 3. The van der Waals surface area contributed by atoms with Crippen molar-refractivity contribution in [2.45, 2.75) is 0 Å². The van der Waals surface area contributed by atoms with Gasteiger partial charge in [-0.1, -0.05) is 29.8 Å². The summed E-state index contributed by atoms with van der Waals surface area (Å²) in [6.07, 6.45) is 0. The summed E-state index contributed by atoms with van der Waals surface area (Å²) in [5.74, 6) is -1.10. The minimum atomic E-state index is -0.616. The number of hydrogen-bond acceptors (Lipinski definition) is 3. The zero-order chi connectivity index (χ0) is 13.1. The van der Waals surface area contributed by atoms with Crippen molar-refractivity contribution in [1.82, 2.24) is 10.3 Å². The first-order valence-corrected chi connectivity index (χ1v) is 5.57. The summed E-state index contributed by atoms with van der Waals surface area (Å²) < 4.78 is 0. The molecule has 0 spiro atoms. The third-order valence-electron chi connectivity index (χ3n) is 2.32. The predicted octanol–water partition coefficient (Wildman–Crippen LogP) is 1.10. The van der Waals surface area contributed by atoms with Crippen molar-refractivity contribution in [1.29, 1.82) is 0 Å². The Morgan fingerprint density at radius 2 is 2.06 bits per heavy atom. The summed E-state index contributed by atoms with van der Waals surface area (Å²) in [4.78, 5) is 26.4. The van der Waals surface area contributed by atoms with Crippen LogP contribution in [0.15, 0.2) is 30.3 Å². The monoisotopic (exact) mass is 263 g/mol. The maximum atomic E-state index is 11.7. The van der Waals surface area contributed by atoms with E-state index in [0.717, 1.165) is 5.39 Å². The number of carbonyl (C=O) groups excluding carboxylic acids is 2. The lowest BCUT2D eigenvalue weighted by molar-refractivity contribution is -0.117. The molecule has 0 aliphatic carbocycles. The van der Waals surface area contributed by atoms with E-state index in [2.05, 4.69) is 10.3 Å². The zero-order valence-electron chi connectivity index (χ0n) is 9.31. The first-order chi connectivity index (χ1) is 8.58. The second kappa shape index (κ2) is 5.01. The fourth-order valence-electron chi connectivity index (χ4n) is 1.51. The van der Waals surface area contributed by atoms with Crippen molar-refractivity contribution in [3.63, 3.8) is 0 Å². The number of carbonyl (C=O) groups is 2. The van der Waals surface area contributed by atoms with E-state index in [1.807, 2.05) is 12.1 Å². The smallest absolute Gasteiger partial charge is 0.270 e. The summed E-state index contributed by atoms with van der Waals surface area (Å²) in [5.41, 5.74) is 5.71. The number of primary amides is 1. The molecule has 1 aromatic carbocycles. The van der Waals surface area contributed by atoms with Crippen molar-refractivity contribution >= 4 is 34.3 Å². The number of hydrogen-bond donors (Lipinski definition) is 2. The number of pyridine rings is 1. The standard InChI is InChI=1S/C12H10ClN3O2/c13-8-5-10(12(18)15-6-11(14)17)16-9-4-2-1-3-7(8)9/h1-5H,6H2,(H2,14,17)(H,15,18). The zero-order valence-corrected chi connectivity index (χ0v) is 10.1. The van der Waals surface area contributed by atoms with Crippen molar-refractivity contribution in [2.24, 2.45) is 5.73 Å². The molecule has 0 fully saturated rings. The van der Waals surface area contributed by atoms with Crippen LogP contribution in [-0.4, -0.2) is 23.3 Å². The van der Waals surface area contributed by atoms with E-state index < -0.39 is 11.8 Å². The Labute approximate surface area is 108 Å². The van der Waals surface area contributed by atoms with Gasteiger partial charge in [0.1, 0.15) is 5.69 Å². The highest BCUT2D eigenvalue weighted by Gasteiger charge is 2.11. The maximum absolute atomic E-state index is 11.7. The highest BCUT2D eigenvalue weighted by Crippen LogP contribution is 2.22.